The molecule has 3 aromatic rings. The van der Waals surface area contributed by atoms with Crippen LogP contribution in [0.25, 0.3) is 10.8 Å². The normalized spacial score (nSPS) is 11.1. The number of halogens is 1. The molecule has 2 amide bonds. The first-order valence-corrected chi connectivity index (χ1v) is 9.47. The molecule has 2 N–H and O–H groups in total. The van der Waals surface area contributed by atoms with Crippen molar-refractivity contribution in [2.75, 3.05) is 0 Å². The van der Waals surface area contributed by atoms with Crippen LogP contribution in [0.3, 0.4) is 0 Å². The predicted octanol–water partition coefficient (Wildman–Crippen LogP) is 3.53. The molecule has 6 nitrogen and oxygen atoms in total. The number of nitrogens with zero attached hydrogens (tertiary/aromatic N) is 1. The zero-order chi connectivity index (χ0) is 21.5. The Bertz CT molecular complexity index is 1100. The first kappa shape index (κ1) is 21.0. The minimum absolute atomic E-state index is 0.159. The molecule has 0 saturated heterocycles. The summed E-state index contributed by atoms with van der Waals surface area (Å²) in [7, 11) is 0. The molecule has 0 saturated carbocycles. The molecule has 7 heteroatoms. The molecule has 0 aliphatic carbocycles. The van der Waals surface area contributed by atoms with Crippen molar-refractivity contribution >= 4 is 28.8 Å². The molecule has 0 fully saturated rings. The van der Waals surface area contributed by atoms with E-state index in [-0.39, 0.29) is 18.5 Å². The lowest BCUT2D eigenvalue weighted by molar-refractivity contribution is -0.139. The van der Waals surface area contributed by atoms with Gasteiger partial charge in [-0.3, -0.25) is 9.59 Å². The van der Waals surface area contributed by atoms with Crippen molar-refractivity contribution in [2.45, 2.75) is 26.5 Å². The Morgan fingerprint density at radius 3 is 2.63 bits per heavy atom. The maximum Gasteiger partial charge on any atom is 0.329 e. The third-order valence-electron chi connectivity index (χ3n) is 4.20. The molecule has 3 rings (SSSR count). The van der Waals surface area contributed by atoms with E-state index in [1.165, 1.54) is 18.3 Å². The fourth-order valence-corrected chi connectivity index (χ4v) is 2.86. The van der Waals surface area contributed by atoms with Crippen molar-refractivity contribution in [3.05, 3.63) is 77.6 Å². The number of carbonyl (C=O) groups excluding carboxylic acids is 2. The molecule has 0 unspecified atom stereocenters. The SMILES string of the molecule is CC(C)NC(=O)C(=O)N/N=C\c1c(OCc2cccc(F)c2)ccc2ccccc12. The van der Waals surface area contributed by atoms with Crippen molar-refractivity contribution in [1.82, 2.24) is 10.7 Å². The summed E-state index contributed by atoms with van der Waals surface area (Å²) < 4.78 is 19.3. The van der Waals surface area contributed by atoms with Crippen LogP contribution in [0, 0.1) is 5.82 Å². The highest BCUT2D eigenvalue weighted by molar-refractivity contribution is 6.35. The second-order valence-corrected chi connectivity index (χ2v) is 6.94. The van der Waals surface area contributed by atoms with Crippen LogP contribution in [0.15, 0.2) is 65.8 Å². The quantitative estimate of drug-likeness (QED) is 0.373. The molecule has 0 heterocycles. The third-order valence-corrected chi connectivity index (χ3v) is 4.20. The van der Waals surface area contributed by atoms with Gasteiger partial charge in [-0.15, -0.1) is 0 Å². The Labute approximate surface area is 173 Å². The fourth-order valence-electron chi connectivity index (χ4n) is 2.86. The molecular formula is C23H22FN3O3. The topological polar surface area (TPSA) is 79.8 Å². The van der Waals surface area contributed by atoms with Gasteiger partial charge in [0.1, 0.15) is 18.2 Å². The van der Waals surface area contributed by atoms with Gasteiger partial charge in [-0.25, -0.2) is 9.82 Å². The van der Waals surface area contributed by atoms with Crippen LogP contribution < -0.4 is 15.5 Å². The minimum atomic E-state index is -0.859. The Balaban J connectivity index is 1.82. The highest BCUT2D eigenvalue weighted by Gasteiger charge is 2.13. The van der Waals surface area contributed by atoms with E-state index in [0.717, 1.165) is 10.8 Å². The third kappa shape index (κ3) is 5.41. The van der Waals surface area contributed by atoms with Gasteiger partial charge in [0.15, 0.2) is 0 Å². The lowest BCUT2D eigenvalue weighted by Gasteiger charge is -2.12. The van der Waals surface area contributed by atoms with Gasteiger partial charge < -0.3 is 10.1 Å². The van der Waals surface area contributed by atoms with Gasteiger partial charge in [0, 0.05) is 11.6 Å². The average Bonchev–Trinajstić information content (AvgIpc) is 2.72. The molecular weight excluding hydrogens is 385 g/mol. The largest absolute Gasteiger partial charge is 0.488 e. The first-order chi connectivity index (χ1) is 14.4. The summed E-state index contributed by atoms with van der Waals surface area (Å²) in [6, 6.07) is 17.3. The molecule has 0 atom stereocenters. The number of benzene rings is 3. The van der Waals surface area contributed by atoms with Crippen LogP contribution in [0.2, 0.25) is 0 Å². The molecule has 3 aromatic carbocycles. The Kier molecular flexibility index (Phi) is 6.75. The zero-order valence-electron chi connectivity index (χ0n) is 16.7. The van der Waals surface area contributed by atoms with E-state index >= 15 is 0 Å². The smallest absolute Gasteiger partial charge is 0.329 e. The molecule has 0 aliphatic rings. The molecule has 154 valence electrons. The second kappa shape index (κ2) is 9.65. The van der Waals surface area contributed by atoms with Crippen molar-refractivity contribution in [3.63, 3.8) is 0 Å². The first-order valence-electron chi connectivity index (χ1n) is 9.47. The summed E-state index contributed by atoms with van der Waals surface area (Å²) in [6.45, 7) is 3.68. The van der Waals surface area contributed by atoms with Crippen LogP contribution in [0.1, 0.15) is 25.0 Å². The van der Waals surface area contributed by atoms with E-state index in [9.17, 15) is 14.0 Å². The van der Waals surface area contributed by atoms with Crippen molar-refractivity contribution in [1.29, 1.82) is 0 Å². The molecule has 0 spiro atoms. The van der Waals surface area contributed by atoms with E-state index in [4.69, 9.17) is 4.74 Å². The monoisotopic (exact) mass is 407 g/mol. The summed E-state index contributed by atoms with van der Waals surface area (Å²) in [5.74, 6) is -1.44. The van der Waals surface area contributed by atoms with Crippen LogP contribution in [-0.2, 0) is 16.2 Å². The number of hydrogen-bond donors (Lipinski definition) is 2. The Hall–Kier alpha value is -3.74. The zero-order valence-corrected chi connectivity index (χ0v) is 16.7. The van der Waals surface area contributed by atoms with Gasteiger partial charge in [0.05, 0.1) is 6.21 Å². The second-order valence-electron chi connectivity index (χ2n) is 6.94. The fraction of sp³-hybridized carbons (Fsp3) is 0.174. The Morgan fingerprint density at radius 2 is 1.87 bits per heavy atom. The summed E-state index contributed by atoms with van der Waals surface area (Å²) in [5, 5.41) is 8.24. The van der Waals surface area contributed by atoms with E-state index < -0.39 is 11.8 Å². The van der Waals surface area contributed by atoms with E-state index in [1.807, 2.05) is 30.3 Å². The van der Waals surface area contributed by atoms with Crippen molar-refractivity contribution in [2.24, 2.45) is 5.10 Å². The van der Waals surface area contributed by atoms with Gasteiger partial charge in [-0.1, -0.05) is 42.5 Å². The van der Waals surface area contributed by atoms with Gasteiger partial charge in [-0.05, 0) is 48.4 Å². The number of amides is 2. The number of rotatable bonds is 6. The summed E-state index contributed by atoms with van der Waals surface area (Å²) in [6.07, 6.45) is 1.43. The van der Waals surface area contributed by atoms with Crippen molar-refractivity contribution in [3.8, 4) is 5.75 Å². The van der Waals surface area contributed by atoms with E-state index in [1.54, 1.807) is 32.0 Å². The van der Waals surface area contributed by atoms with Crippen LogP contribution in [0.4, 0.5) is 4.39 Å². The molecule has 0 bridgehead atoms. The molecule has 0 aliphatic heterocycles. The number of hydrazone groups is 1. The Morgan fingerprint density at radius 1 is 1.07 bits per heavy atom. The van der Waals surface area contributed by atoms with Crippen LogP contribution in [0.5, 0.6) is 5.75 Å². The standard InChI is InChI=1S/C23H22FN3O3/c1-15(2)26-22(28)23(29)27-25-13-20-19-9-4-3-7-17(19)10-11-21(20)30-14-16-6-5-8-18(24)12-16/h3-13,15H,14H2,1-2H3,(H,26,28)(H,27,29)/b25-13-. The number of hydrogen-bond acceptors (Lipinski definition) is 4. The summed E-state index contributed by atoms with van der Waals surface area (Å²) in [4.78, 5) is 23.6. The molecule has 0 aromatic heterocycles. The van der Waals surface area contributed by atoms with Crippen molar-refractivity contribution < 1.29 is 18.7 Å². The van der Waals surface area contributed by atoms with Gasteiger partial charge >= 0.3 is 11.8 Å². The number of fused-ring (bicyclic) bond motifs is 1. The molecule has 0 radical (unpaired) electrons. The summed E-state index contributed by atoms with van der Waals surface area (Å²) >= 11 is 0. The van der Waals surface area contributed by atoms with E-state index in [0.29, 0.717) is 16.9 Å². The number of nitrogens with one attached hydrogen (secondary N) is 2. The van der Waals surface area contributed by atoms with Gasteiger partial charge in [0.2, 0.25) is 0 Å². The average molecular weight is 407 g/mol. The highest BCUT2D eigenvalue weighted by atomic mass is 19.1. The number of carbonyl (C=O) groups is 2. The van der Waals surface area contributed by atoms with E-state index in [2.05, 4.69) is 15.8 Å². The minimum Gasteiger partial charge on any atom is -0.488 e. The lowest BCUT2D eigenvalue weighted by atomic mass is 10.0. The maximum absolute atomic E-state index is 13.4. The molecule has 30 heavy (non-hydrogen) atoms. The maximum atomic E-state index is 13.4. The highest BCUT2D eigenvalue weighted by Crippen LogP contribution is 2.27. The lowest BCUT2D eigenvalue weighted by Crippen LogP contribution is -2.41. The van der Waals surface area contributed by atoms with Gasteiger partial charge in [-0.2, -0.15) is 5.10 Å². The summed E-state index contributed by atoms with van der Waals surface area (Å²) in [5.41, 5.74) is 3.54. The van der Waals surface area contributed by atoms with Crippen LogP contribution in [-0.4, -0.2) is 24.1 Å². The van der Waals surface area contributed by atoms with Gasteiger partial charge in [0.25, 0.3) is 0 Å². The predicted molar refractivity (Wildman–Crippen MR) is 114 cm³/mol. The van der Waals surface area contributed by atoms with Crippen LogP contribution >= 0.6 is 0 Å². The number of ether oxygens (including phenoxy) is 1.